The summed E-state index contributed by atoms with van der Waals surface area (Å²) in [6, 6.07) is 0. The molecule has 4 heteroatoms. The Morgan fingerprint density at radius 1 is 1.25 bits per heavy atom. The molecule has 0 amide bonds. The third-order valence-corrected chi connectivity index (χ3v) is 5.15. The Labute approximate surface area is 127 Å². The lowest BCUT2D eigenvalue weighted by Gasteiger charge is -2.12. The van der Waals surface area contributed by atoms with Crippen molar-refractivity contribution in [1.29, 1.82) is 0 Å². The first-order valence-electron chi connectivity index (χ1n) is 8.24. The van der Waals surface area contributed by atoms with Gasteiger partial charge in [0.2, 0.25) is 0 Å². The zero-order valence-corrected chi connectivity index (χ0v) is 13.9. The second-order valence-electron chi connectivity index (χ2n) is 5.66. The monoisotopic (exact) mass is 295 g/mol. The van der Waals surface area contributed by atoms with Crippen molar-refractivity contribution in [1.82, 2.24) is 15.2 Å². The molecule has 0 saturated carbocycles. The van der Waals surface area contributed by atoms with Crippen molar-refractivity contribution in [2.45, 2.75) is 58.9 Å². The molecule has 0 aromatic carbocycles. The van der Waals surface area contributed by atoms with Crippen LogP contribution >= 0.6 is 11.3 Å². The smallest absolute Gasteiger partial charge is 0.0944 e. The third kappa shape index (κ3) is 4.83. The van der Waals surface area contributed by atoms with Crippen LogP contribution in [0.4, 0.5) is 0 Å². The molecule has 1 aliphatic rings. The van der Waals surface area contributed by atoms with Crippen LogP contribution in [0.5, 0.6) is 0 Å². The molecule has 20 heavy (non-hydrogen) atoms. The highest BCUT2D eigenvalue weighted by atomic mass is 32.1. The van der Waals surface area contributed by atoms with Crippen LogP contribution in [0.25, 0.3) is 0 Å². The maximum atomic E-state index is 4.84. The lowest BCUT2D eigenvalue weighted by atomic mass is 10.3. The zero-order valence-electron chi connectivity index (χ0n) is 13.1. The predicted octanol–water partition coefficient (Wildman–Crippen LogP) is 3.23. The molecule has 2 heterocycles. The summed E-state index contributed by atoms with van der Waals surface area (Å²) in [5.41, 5.74) is 1.32. The molecule has 1 aliphatic heterocycles. The number of aromatic nitrogens is 1. The fraction of sp³-hybridized carbons (Fsp3) is 0.812. The number of unbranched alkanes of at least 4 members (excludes halogenated alkanes) is 1. The van der Waals surface area contributed by atoms with Crippen molar-refractivity contribution in [3.05, 3.63) is 15.6 Å². The van der Waals surface area contributed by atoms with Gasteiger partial charge in [-0.05, 0) is 45.3 Å². The van der Waals surface area contributed by atoms with Gasteiger partial charge in [-0.15, -0.1) is 11.3 Å². The van der Waals surface area contributed by atoms with E-state index in [1.165, 1.54) is 60.9 Å². The molecule has 0 radical (unpaired) electrons. The summed E-state index contributed by atoms with van der Waals surface area (Å²) < 4.78 is 0. The minimum Gasteiger partial charge on any atom is -0.312 e. The largest absolute Gasteiger partial charge is 0.312 e. The fourth-order valence-corrected chi connectivity index (χ4v) is 3.84. The number of hydrogen-bond acceptors (Lipinski definition) is 4. The van der Waals surface area contributed by atoms with E-state index in [1.54, 1.807) is 0 Å². The van der Waals surface area contributed by atoms with Gasteiger partial charge in [-0.3, -0.25) is 0 Å². The topological polar surface area (TPSA) is 28.2 Å². The predicted molar refractivity (Wildman–Crippen MR) is 87.5 cm³/mol. The van der Waals surface area contributed by atoms with Crippen LogP contribution in [0, 0.1) is 0 Å². The number of nitrogens with zero attached hydrogens (tertiary/aromatic N) is 2. The van der Waals surface area contributed by atoms with Crippen LogP contribution in [0.15, 0.2) is 0 Å². The van der Waals surface area contributed by atoms with Crippen LogP contribution in [0.3, 0.4) is 0 Å². The van der Waals surface area contributed by atoms with Gasteiger partial charge in [0.25, 0.3) is 0 Å². The van der Waals surface area contributed by atoms with Gasteiger partial charge < -0.3 is 10.2 Å². The SMILES string of the molecule is CCCCNCc1sc(CCN2CCCC2)nc1CC. The number of aryl methyl sites for hydroxylation is 1. The van der Waals surface area contributed by atoms with Crippen molar-refractivity contribution in [3.8, 4) is 0 Å². The van der Waals surface area contributed by atoms with Gasteiger partial charge in [-0.1, -0.05) is 20.3 Å². The maximum absolute atomic E-state index is 4.84. The Hall–Kier alpha value is -0.450. The lowest BCUT2D eigenvalue weighted by molar-refractivity contribution is 0.343. The van der Waals surface area contributed by atoms with Gasteiger partial charge in [-0.25, -0.2) is 4.98 Å². The molecule has 114 valence electrons. The maximum Gasteiger partial charge on any atom is 0.0944 e. The Morgan fingerprint density at radius 3 is 2.75 bits per heavy atom. The molecule has 1 aromatic rings. The van der Waals surface area contributed by atoms with Crippen LogP contribution in [0.2, 0.25) is 0 Å². The number of nitrogens with one attached hydrogen (secondary N) is 1. The molecule has 0 bridgehead atoms. The van der Waals surface area contributed by atoms with Gasteiger partial charge in [0.15, 0.2) is 0 Å². The highest BCUT2D eigenvalue weighted by Gasteiger charge is 2.14. The molecule has 1 fully saturated rings. The van der Waals surface area contributed by atoms with E-state index < -0.39 is 0 Å². The Balaban J connectivity index is 1.81. The van der Waals surface area contributed by atoms with E-state index in [4.69, 9.17) is 4.98 Å². The first-order valence-corrected chi connectivity index (χ1v) is 9.05. The number of likely N-dealkylation sites (tertiary alicyclic amines) is 1. The van der Waals surface area contributed by atoms with Crippen LogP contribution in [-0.2, 0) is 19.4 Å². The molecular weight excluding hydrogens is 266 g/mol. The summed E-state index contributed by atoms with van der Waals surface area (Å²) in [6.07, 6.45) is 7.48. The number of thiazole rings is 1. The number of hydrogen-bond donors (Lipinski definition) is 1. The molecule has 0 unspecified atom stereocenters. The van der Waals surface area contributed by atoms with E-state index in [2.05, 4.69) is 24.1 Å². The average Bonchev–Trinajstić information content (AvgIpc) is 3.10. The quantitative estimate of drug-likeness (QED) is 0.709. The summed E-state index contributed by atoms with van der Waals surface area (Å²) >= 11 is 1.93. The lowest BCUT2D eigenvalue weighted by Crippen LogP contribution is -2.21. The standard InChI is InChI=1S/C16H29N3S/c1-3-5-9-17-13-15-14(4-2)18-16(20-15)8-12-19-10-6-7-11-19/h17H,3-13H2,1-2H3. The van der Waals surface area contributed by atoms with Crippen molar-refractivity contribution in [3.63, 3.8) is 0 Å². The summed E-state index contributed by atoms with van der Waals surface area (Å²) in [5.74, 6) is 0. The van der Waals surface area contributed by atoms with E-state index in [0.29, 0.717) is 0 Å². The van der Waals surface area contributed by atoms with E-state index in [0.717, 1.165) is 25.9 Å². The summed E-state index contributed by atoms with van der Waals surface area (Å²) in [7, 11) is 0. The molecule has 1 N–H and O–H groups in total. The summed E-state index contributed by atoms with van der Waals surface area (Å²) in [5, 5.41) is 4.88. The van der Waals surface area contributed by atoms with Crippen molar-refractivity contribution >= 4 is 11.3 Å². The van der Waals surface area contributed by atoms with Gasteiger partial charge >= 0.3 is 0 Å². The second kappa shape index (κ2) is 8.75. The van der Waals surface area contributed by atoms with E-state index in [9.17, 15) is 0 Å². The highest BCUT2D eigenvalue weighted by Crippen LogP contribution is 2.20. The first kappa shape index (κ1) is 15.9. The molecule has 1 saturated heterocycles. The molecular formula is C16H29N3S. The molecule has 0 spiro atoms. The van der Waals surface area contributed by atoms with Crippen LogP contribution < -0.4 is 5.32 Å². The average molecular weight is 295 g/mol. The van der Waals surface area contributed by atoms with Gasteiger partial charge in [0.1, 0.15) is 0 Å². The molecule has 0 atom stereocenters. The second-order valence-corrected chi connectivity index (χ2v) is 6.83. The normalized spacial score (nSPS) is 16.1. The van der Waals surface area contributed by atoms with E-state index in [-0.39, 0.29) is 0 Å². The molecule has 0 aliphatic carbocycles. The Kier molecular flexibility index (Phi) is 6.97. The van der Waals surface area contributed by atoms with Crippen molar-refractivity contribution in [2.75, 3.05) is 26.2 Å². The first-order chi connectivity index (χ1) is 9.83. The zero-order chi connectivity index (χ0) is 14.2. The van der Waals surface area contributed by atoms with Crippen LogP contribution in [0.1, 0.15) is 55.1 Å². The van der Waals surface area contributed by atoms with E-state index >= 15 is 0 Å². The third-order valence-electron chi connectivity index (χ3n) is 3.99. The minimum absolute atomic E-state index is 1.00. The van der Waals surface area contributed by atoms with Crippen molar-refractivity contribution < 1.29 is 0 Å². The fourth-order valence-electron chi connectivity index (χ4n) is 2.72. The van der Waals surface area contributed by atoms with Gasteiger partial charge in [-0.2, -0.15) is 0 Å². The van der Waals surface area contributed by atoms with E-state index in [1.807, 2.05) is 11.3 Å². The van der Waals surface area contributed by atoms with Gasteiger partial charge in [0.05, 0.1) is 10.7 Å². The number of rotatable bonds is 9. The molecule has 2 rings (SSSR count). The minimum atomic E-state index is 1.00. The Morgan fingerprint density at radius 2 is 2.05 bits per heavy atom. The summed E-state index contributed by atoms with van der Waals surface area (Å²) in [6.45, 7) is 10.4. The van der Waals surface area contributed by atoms with Crippen LogP contribution in [-0.4, -0.2) is 36.1 Å². The van der Waals surface area contributed by atoms with Crippen molar-refractivity contribution in [2.24, 2.45) is 0 Å². The molecule has 1 aromatic heterocycles. The highest BCUT2D eigenvalue weighted by molar-refractivity contribution is 7.11. The van der Waals surface area contributed by atoms with Gasteiger partial charge in [0, 0.05) is 24.4 Å². The Bertz CT molecular complexity index is 383. The summed E-state index contributed by atoms with van der Waals surface area (Å²) in [4.78, 5) is 8.87. The molecule has 3 nitrogen and oxygen atoms in total.